The van der Waals surface area contributed by atoms with Crippen molar-refractivity contribution in [2.75, 3.05) is 0 Å². The van der Waals surface area contributed by atoms with E-state index in [9.17, 15) is 8.42 Å². The second kappa shape index (κ2) is 3.99. The standard InChI is InChI=1S/C7H6N4O2S2/c12-15(13)6-3-1-5(2-4-6)11-7(14)8-9-10-11/h1-3H,4H2,(H,8,10,14). The van der Waals surface area contributed by atoms with E-state index in [-0.39, 0.29) is 0 Å². The molecule has 1 heterocycles. The largest absolute Gasteiger partial charge is 0.217 e. The van der Waals surface area contributed by atoms with Crippen LogP contribution in [0, 0.1) is 0 Å². The maximum atomic E-state index is 10.6. The molecule has 0 unspecified atom stereocenters. The Bertz CT molecular complexity index is 574. The summed E-state index contributed by atoms with van der Waals surface area (Å²) in [5.41, 5.74) is 0.708. The van der Waals surface area contributed by atoms with Gasteiger partial charge in [0.2, 0.25) is 15.4 Å². The van der Waals surface area contributed by atoms with Gasteiger partial charge in [0, 0.05) is 6.42 Å². The van der Waals surface area contributed by atoms with Crippen molar-refractivity contribution in [3.63, 3.8) is 0 Å². The summed E-state index contributed by atoms with van der Waals surface area (Å²) in [5, 5.41) is 11.1. The van der Waals surface area contributed by atoms with Gasteiger partial charge in [0.15, 0.2) is 0 Å². The minimum Gasteiger partial charge on any atom is -0.188 e. The number of nitrogens with zero attached hydrogens (tertiary/aromatic N) is 4. The van der Waals surface area contributed by atoms with Gasteiger partial charge in [-0.05, 0) is 22.6 Å². The van der Waals surface area contributed by atoms with Crippen molar-refractivity contribution >= 4 is 33.5 Å². The average molecular weight is 242 g/mol. The summed E-state index contributed by atoms with van der Waals surface area (Å²) in [7, 11) is -2.16. The summed E-state index contributed by atoms with van der Waals surface area (Å²) in [5.74, 6) is 0. The third kappa shape index (κ3) is 2.00. The van der Waals surface area contributed by atoms with Crippen LogP contribution < -0.4 is 0 Å². The van der Waals surface area contributed by atoms with Crippen LogP contribution in [0.4, 0.5) is 0 Å². The molecule has 0 saturated carbocycles. The van der Waals surface area contributed by atoms with E-state index >= 15 is 0 Å². The molecule has 0 fully saturated rings. The van der Waals surface area contributed by atoms with E-state index in [1.54, 1.807) is 12.2 Å². The number of hydrogen-bond donors (Lipinski definition) is 1. The van der Waals surface area contributed by atoms with Crippen LogP contribution in [-0.4, -0.2) is 33.5 Å². The summed E-state index contributed by atoms with van der Waals surface area (Å²) >= 11 is 4.05. The van der Waals surface area contributed by atoms with Crippen molar-refractivity contribution < 1.29 is 8.42 Å². The zero-order valence-corrected chi connectivity index (χ0v) is 9.11. The molecule has 8 heteroatoms. The normalized spacial score (nSPS) is 15.3. The van der Waals surface area contributed by atoms with Gasteiger partial charge < -0.3 is 0 Å². The second-order valence-corrected chi connectivity index (χ2v) is 4.15. The van der Waals surface area contributed by atoms with E-state index < -0.39 is 10.3 Å². The topological polar surface area (TPSA) is 77.7 Å². The average Bonchev–Trinajstić information content (AvgIpc) is 2.65. The SMILES string of the molecule is O=S(=O)=C1C=CC(n2nnnc2S)=CC1. The Morgan fingerprint density at radius 2 is 2.20 bits per heavy atom. The van der Waals surface area contributed by atoms with Crippen LogP contribution in [-0.2, 0) is 10.3 Å². The number of thiol groups is 1. The molecule has 0 N–H and O–H groups in total. The Kier molecular flexibility index (Phi) is 2.69. The quantitative estimate of drug-likeness (QED) is 0.545. The van der Waals surface area contributed by atoms with Crippen molar-refractivity contribution in [1.82, 2.24) is 20.2 Å². The van der Waals surface area contributed by atoms with Crippen molar-refractivity contribution in [2.24, 2.45) is 0 Å². The lowest BCUT2D eigenvalue weighted by atomic mass is 10.1. The van der Waals surface area contributed by atoms with E-state index in [1.807, 2.05) is 0 Å². The second-order valence-electron chi connectivity index (χ2n) is 2.76. The summed E-state index contributed by atoms with van der Waals surface area (Å²) in [4.78, 5) is 0.340. The van der Waals surface area contributed by atoms with E-state index in [1.165, 1.54) is 10.8 Å². The van der Waals surface area contributed by atoms with Crippen LogP contribution in [0.5, 0.6) is 0 Å². The summed E-state index contributed by atoms with van der Waals surface area (Å²) in [6, 6.07) is 0. The van der Waals surface area contributed by atoms with E-state index in [0.717, 1.165) is 0 Å². The lowest BCUT2D eigenvalue weighted by Gasteiger charge is -2.06. The molecule has 1 aromatic rings. The van der Waals surface area contributed by atoms with Crippen LogP contribution in [0.2, 0.25) is 0 Å². The Morgan fingerprint density at radius 3 is 2.67 bits per heavy atom. The number of tetrazole rings is 1. The fourth-order valence-corrected chi connectivity index (χ4v) is 1.74. The third-order valence-electron chi connectivity index (χ3n) is 1.86. The molecule has 0 aliphatic heterocycles. The third-order valence-corrected chi connectivity index (χ3v) is 2.87. The highest BCUT2D eigenvalue weighted by molar-refractivity contribution is 7.80. The summed E-state index contributed by atoms with van der Waals surface area (Å²) in [6.07, 6.45) is 5.22. The molecular weight excluding hydrogens is 236 g/mol. The van der Waals surface area contributed by atoms with Gasteiger partial charge in [-0.2, -0.15) is 13.1 Å². The molecule has 0 saturated heterocycles. The number of hydrogen-bond acceptors (Lipinski definition) is 6. The smallest absolute Gasteiger partial charge is 0.188 e. The van der Waals surface area contributed by atoms with Crippen molar-refractivity contribution in [2.45, 2.75) is 11.6 Å². The Morgan fingerprint density at radius 1 is 1.40 bits per heavy atom. The molecule has 0 atom stereocenters. The molecule has 6 nitrogen and oxygen atoms in total. The van der Waals surface area contributed by atoms with Crippen molar-refractivity contribution in [1.29, 1.82) is 0 Å². The first kappa shape index (κ1) is 10.1. The number of aromatic nitrogens is 4. The highest BCUT2D eigenvalue weighted by Crippen LogP contribution is 2.14. The Hall–Kier alpha value is -1.41. The maximum Gasteiger partial charge on any atom is 0.217 e. The van der Waals surface area contributed by atoms with E-state index in [4.69, 9.17) is 0 Å². The lowest BCUT2D eigenvalue weighted by molar-refractivity contribution is 0.627. The van der Waals surface area contributed by atoms with Crippen molar-refractivity contribution in [3.8, 4) is 0 Å². The molecule has 0 amide bonds. The van der Waals surface area contributed by atoms with Gasteiger partial charge in [0.1, 0.15) is 0 Å². The molecule has 0 aromatic carbocycles. The van der Waals surface area contributed by atoms with Gasteiger partial charge in [-0.1, -0.05) is 6.08 Å². The molecule has 1 aliphatic carbocycles. The first-order chi connectivity index (χ1) is 7.18. The van der Waals surface area contributed by atoms with Crippen LogP contribution in [0.25, 0.3) is 5.70 Å². The van der Waals surface area contributed by atoms with Gasteiger partial charge in [-0.25, -0.2) is 0 Å². The van der Waals surface area contributed by atoms with Gasteiger partial charge >= 0.3 is 0 Å². The molecule has 0 bridgehead atoms. The van der Waals surface area contributed by atoms with E-state index in [0.29, 0.717) is 22.1 Å². The van der Waals surface area contributed by atoms with Gasteiger partial charge in [0.05, 0.1) is 10.6 Å². The van der Waals surface area contributed by atoms with Crippen LogP contribution in [0.3, 0.4) is 0 Å². The summed E-state index contributed by atoms with van der Waals surface area (Å²) in [6.45, 7) is 0. The minimum absolute atomic E-state index is 0.340. The van der Waals surface area contributed by atoms with Gasteiger partial charge in [-0.3, -0.25) is 0 Å². The van der Waals surface area contributed by atoms with Crippen LogP contribution >= 0.6 is 12.6 Å². The molecular formula is C7H6N4O2S2. The lowest BCUT2D eigenvalue weighted by Crippen LogP contribution is -2.05. The molecule has 0 radical (unpaired) electrons. The first-order valence-electron chi connectivity index (χ1n) is 3.99. The fraction of sp³-hybridized carbons (Fsp3) is 0.143. The van der Waals surface area contributed by atoms with Gasteiger partial charge in [-0.15, -0.1) is 17.7 Å². The highest BCUT2D eigenvalue weighted by Gasteiger charge is 2.09. The minimum atomic E-state index is -2.16. The fourth-order valence-electron chi connectivity index (χ4n) is 1.15. The Balaban J connectivity index is 2.36. The predicted molar refractivity (Wildman–Crippen MR) is 57.0 cm³/mol. The predicted octanol–water partition coefficient (Wildman–Crippen LogP) is -0.186. The highest BCUT2D eigenvalue weighted by atomic mass is 32.2. The molecule has 1 aromatic heterocycles. The molecule has 1 aliphatic rings. The number of rotatable bonds is 1. The van der Waals surface area contributed by atoms with Crippen LogP contribution in [0.15, 0.2) is 23.4 Å². The van der Waals surface area contributed by atoms with E-state index in [2.05, 4.69) is 28.2 Å². The van der Waals surface area contributed by atoms with Gasteiger partial charge in [0.25, 0.3) is 0 Å². The molecule has 0 spiro atoms. The van der Waals surface area contributed by atoms with Crippen LogP contribution in [0.1, 0.15) is 6.42 Å². The summed E-state index contributed by atoms with van der Waals surface area (Å²) < 4.78 is 22.7. The monoisotopic (exact) mass is 242 g/mol. The zero-order valence-electron chi connectivity index (χ0n) is 7.40. The first-order valence-corrected chi connectivity index (χ1v) is 5.52. The molecule has 2 rings (SSSR count). The maximum absolute atomic E-state index is 10.6. The molecule has 15 heavy (non-hydrogen) atoms. The number of allylic oxidation sites excluding steroid dienone is 4. The Labute approximate surface area is 92.2 Å². The zero-order chi connectivity index (χ0) is 10.8. The van der Waals surface area contributed by atoms with Crippen molar-refractivity contribution in [3.05, 3.63) is 18.2 Å². The molecule has 78 valence electrons.